The summed E-state index contributed by atoms with van der Waals surface area (Å²) >= 11 is 5.11. The van der Waals surface area contributed by atoms with Crippen LogP contribution in [0.4, 0.5) is 5.00 Å². The molecule has 0 saturated carbocycles. The van der Waals surface area contributed by atoms with Crippen LogP contribution in [0.25, 0.3) is 20.8 Å². The number of rotatable bonds is 7. The first-order valence-corrected chi connectivity index (χ1v) is 15.1. The topological polar surface area (TPSA) is 45.2 Å². The molecule has 0 saturated heterocycles. The number of anilines is 1. The predicted molar refractivity (Wildman–Crippen MR) is 158 cm³/mol. The minimum absolute atomic E-state index is 0.0568. The average molecular weight is 542 g/mol. The quantitative estimate of drug-likeness (QED) is 0.212. The highest BCUT2D eigenvalue weighted by atomic mass is 32.2. The van der Waals surface area contributed by atoms with Crippen LogP contribution in [0, 0.1) is 0 Å². The number of amides is 1. The van der Waals surface area contributed by atoms with E-state index in [2.05, 4.69) is 65.7 Å². The second-order valence-electron chi connectivity index (χ2n) is 9.02. The molecule has 1 N–H and O–H groups in total. The number of carbonyl (C=O) groups excluding carboxylic acids is 1. The number of fused-ring (bicyclic) bond motifs is 2. The molecular weight excluding hydrogens is 515 g/mol. The van der Waals surface area contributed by atoms with E-state index in [4.69, 9.17) is 4.98 Å². The Kier molecular flexibility index (Phi) is 7.11. The number of benzene rings is 3. The van der Waals surface area contributed by atoms with E-state index in [0.717, 1.165) is 63.4 Å². The monoisotopic (exact) mass is 541 g/mol. The van der Waals surface area contributed by atoms with Gasteiger partial charge in [-0.25, -0.2) is 4.98 Å². The molecule has 186 valence electrons. The van der Waals surface area contributed by atoms with Crippen molar-refractivity contribution >= 4 is 55.6 Å². The summed E-state index contributed by atoms with van der Waals surface area (Å²) in [5.41, 5.74) is 5.49. The van der Waals surface area contributed by atoms with Crippen molar-refractivity contribution in [3.05, 3.63) is 100 Å². The Balaban J connectivity index is 1.37. The normalized spacial score (nSPS) is 13.5. The maximum atomic E-state index is 13.5. The van der Waals surface area contributed by atoms with E-state index in [1.807, 2.05) is 30.3 Å². The fraction of sp³-hybridized carbons (Fsp3) is 0.200. The number of carbonyl (C=O) groups is 1. The molecule has 37 heavy (non-hydrogen) atoms. The molecule has 0 fully saturated rings. The van der Waals surface area contributed by atoms with Gasteiger partial charge in [-0.2, -0.15) is 0 Å². The van der Waals surface area contributed by atoms with E-state index in [1.54, 1.807) is 34.4 Å². The molecule has 0 bridgehead atoms. The maximum absolute atomic E-state index is 13.5. The summed E-state index contributed by atoms with van der Waals surface area (Å²) in [6.45, 7) is 4.90. The summed E-state index contributed by atoms with van der Waals surface area (Å²) < 4.78 is 1.17. The third kappa shape index (κ3) is 5.09. The average Bonchev–Trinajstić information content (AvgIpc) is 3.50. The fourth-order valence-corrected chi connectivity index (χ4v) is 8.03. The lowest BCUT2D eigenvalue weighted by Crippen LogP contribution is -2.29. The van der Waals surface area contributed by atoms with Crippen molar-refractivity contribution in [3.8, 4) is 10.6 Å². The summed E-state index contributed by atoms with van der Waals surface area (Å²) in [4.78, 5) is 23.4. The molecule has 1 aliphatic heterocycles. The van der Waals surface area contributed by atoms with Gasteiger partial charge in [-0.05, 0) is 47.6 Å². The van der Waals surface area contributed by atoms with Crippen molar-refractivity contribution in [2.24, 2.45) is 0 Å². The fourth-order valence-electron chi connectivity index (χ4n) is 4.83. The molecule has 3 heterocycles. The Hall–Kier alpha value is -2.97. The van der Waals surface area contributed by atoms with Gasteiger partial charge in [0.05, 0.1) is 15.8 Å². The molecule has 2 aromatic heterocycles. The highest BCUT2D eigenvalue weighted by molar-refractivity contribution is 7.99. The summed E-state index contributed by atoms with van der Waals surface area (Å²) in [5.74, 6) is 0.866. The Bertz CT molecular complexity index is 1520. The van der Waals surface area contributed by atoms with Crippen LogP contribution in [-0.4, -0.2) is 28.1 Å². The maximum Gasteiger partial charge on any atom is 0.257 e. The summed E-state index contributed by atoms with van der Waals surface area (Å²) in [5, 5.41) is 5.20. The molecule has 1 amide bonds. The van der Waals surface area contributed by atoms with Crippen LogP contribution in [0.3, 0.4) is 0 Å². The van der Waals surface area contributed by atoms with Gasteiger partial charge in [0.15, 0.2) is 0 Å². The lowest BCUT2D eigenvalue weighted by molar-refractivity contribution is 0.102. The minimum Gasteiger partial charge on any atom is -0.313 e. The van der Waals surface area contributed by atoms with E-state index >= 15 is 0 Å². The van der Waals surface area contributed by atoms with Gasteiger partial charge in [0.2, 0.25) is 0 Å². The Morgan fingerprint density at radius 2 is 1.78 bits per heavy atom. The third-order valence-electron chi connectivity index (χ3n) is 6.55. The number of nitrogens with one attached hydrogen (secondary N) is 1. The van der Waals surface area contributed by atoms with Gasteiger partial charge in [-0.1, -0.05) is 61.5 Å². The molecule has 6 rings (SSSR count). The largest absolute Gasteiger partial charge is 0.313 e. The van der Waals surface area contributed by atoms with Crippen LogP contribution in [0.2, 0.25) is 0 Å². The molecule has 4 nitrogen and oxygen atoms in total. The van der Waals surface area contributed by atoms with E-state index in [1.165, 1.54) is 20.7 Å². The molecule has 0 atom stereocenters. The van der Waals surface area contributed by atoms with E-state index in [0.29, 0.717) is 0 Å². The van der Waals surface area contributed by atoms with Crippen molar-refractivity contribution in [1.82, 2.24) is 9.88 Å². The number of thiophene rings is 1. The zero-order valence-corrected chi connectivity index (χ0v) is 23.0. The highest BCUT2D eigenvalue weighted by Crippen LogP contribution is 2.46. The number of para-hydroxylation sites is 1. The molecule has 1 aliphatic rings. The molecule has 5 aromatic rings. The number of thiazole rings is 1. The standard InChI is InChI=1S/C30H27N3OS3/c1-2-35-24-14-8-6-12-22(24)28(34)32-30-27(29-31-23-13-7-9-15-25(23)36-29)21-16-17-33(19-26(21)37-30)18-20-10-4-3-5-11-20/h3-15H,2,16-19H2,1H3,(H,32,34). The van der Waals surface area contributed by atoms with Crippen LogP contribution in [-0.2, 0) is 19.5 Å². The van der Waals surface area contributed by atoms with Crippen LogP contribution < -0.4 is 5.32 Å². The lowest BCUT2D eigenvalue weighted by atomic mass is 10.0. The van der Waals surface area contributed by atoms with Gasteiger partial charge in [-0.3, -0.25) is 9.69 Å². The molecule has 0 aliphatic carbocycles. The Labute approximate surface area is 229 Å². The minimum atomic E-state index is -0.0568. The summed E-state index contributed by atoms with van der Waals surface area (Å²) in [6, 6.07) is 26.8. The zero-order valence-electron chi connectivity index (χ0n) is 20.6. The SMILES string of the molecule is CCSc1ccccc1C(=O)Nc1sc2c(c1-c1nc3ccccc3s1)CCN(Cc1ccccc1)C2. The van der Waals surface area contributed by atoms with Crippen LogP contribution >= 0.6 is 34.4 Å². The Morgan fingerprint density at radius 3 is 2.62 bits per heavy atom. The summed E-state index contributed by atoms with van der Waals surface area (Å²) in [6.07, 6.45) is 0.946. The number of aromatic nitrogens is 1. The molecule has 0 radical (unpaired) electrons. The first kappa shape index (κ1) is 24.4. The number of nitrogens with zero attached hydrogens (tertiary/aromatic N) is 2. The van der Waals surface area contributed by atoms with Gasteiger partial charge < -0.3 is 5.32 Å². The van der Waals surface area contributed by atoms with Crippen molar-refractivity contribution in [2.45, 2.75) is 31.3 Å². The zero-order chi connectivity index (χ0) is 25.2. The van der Waals surface area contributed by atoms with Gasteiger partial charge in [0, 0.05) is 35.0 Å². The van der Waals surface area contributed by atoms with E-state index in [9.17, 15) is 4.79 Å². The van der Waals surface area contributed by atoms with Gasteiger partial charge in [0.25, 0.3) is 5.91 Å². The smallest absolute Gasteiger partial charge is 0.257 e. The van der Waals surface area contributed by atoms with Crippen LogP contribution in [0.1, 0.15) is 33.3 Å². The van der Waals surface area contributed by atoms with Gasteiger partial charge in [-0.15, -0.1) is 34.4 Å². The van der Waals surface area contributed by atoms with E-state index < -0.39 is 0 Å². The van der Waals surface area contributed by atoms with Crippen molar-refractivity contribution < 1.29 is 4.79 Å². The lowest BCUT2D eigenvalue weighted by Gasteiger charge is -2.27. The highest BCUT2D eigenvalue weighted by Gasteiger charge is 2.28. The first-order valence-electron chi connectivity index (χ1n) is 12.5. The number of thioether (sulfide) groups is 1. The second kappa shape index (κ2) is 10.8. The van der Waals surface area contributed by atoms with Crippen LogP contribution in [0.15, 0.2) is 83.8 Å². The van der Waals surface area contributed by atoms with E-state index in [-0.39, 0.29) is 5.91 Å². The van der Waals surface area contributed by atoms with Gasteiger partial charge in [0.1, 0.15) is 10.0 Å². The van der Waals surface area contributed by atoms with Crippen molar-refractivity contribution in [3.63, 3.8) is 0 Å². The first-order chi connectivity index (χ1) is 18.2. The number of hydrogen-bond acceptors (Lipinski definition) is 6. The van der Waals surface area contributed by atoms with Crippen LogP contribution in [0.5, 0.6) is 0 Å². The molecular formula is C30H27N3OS3. The molecule has 0 unspecified atom stereocenters. The molecule has 7 heteroatoms. The molecule has 0 spiro atoms. The second-order valence-corrected chi connectivity index (χ2v) is 12.5. The van der Waals surface area contributed by atoms with Crippen molar-refractivity contribution in [1.29, 1.82) is 0 Å². The van der Waals surface area contributed by atoms with Crippen molar-refractivity contribution in [2.75, 3.05) is 17.6 Å². The predicted octanol–water partition coefficient (Wildman–Crippen LogP) is 7.95. The third-order valence-corrected chi connectivity index (χ3v) is 9.69. The molecule has 3 aromatic carbocycles. The summed E-state index contributed by atoms with van der Waals surface area (Å²) in [7, 11) is 0. The Morgan fingerprint density at radius 1 is 1.00 bits per heavy atom. The van der Waals surface area contributed by atoms with Gasteiger partial charge >= 0.3 is 0 Å². The number of hydrogen-bond donors (Lipinski definition) is 1.